The summed E-state index contributed by atoms with van der Waals surface area (Å²) >= 11 is 1.79. The Bertz CT molecular complexity index is 1530. The van der Waals surface area contributed by atoms with E-state index in [0.717, 1.165) is 22.6 Å². The van der Waals surface area contributed by atoms with Crippen LogP contribution < -0.4 is 4.90 Å². The first-order valence-corrected chi connectivity index (χ1v) is 13.2. The highest BCUT2D eigenvalue weighted by molar-refractivity contribution is 8.01. The van der Waals surface area contributed by atoms with Crippen LogP contribution in [0.15, 0.2) is 151 Å². The third-order valence-electron chi connectivity index (χ3n) is 7.11. The van der Waals surface area contributed by atoms with Gasteiger partial charge in [0.1, 0.15) is 0 Å². The molecule has 0 amide bonds. The number of hydrogen-bond acceptors (Lipinski definition) is 4. The number of nitrogens with zero attached hydrogens (tertiary/aromatic N) is 2. The van der Waals surface area contributed by atoms with Gasteiger partial charge in [-0.2, -0.15) is 0 Å². The summed E-state index contributed by atoms with van der Waals surface area (Å²) < 4.78 is -0.492. The van der Waals surface area contributed by atoms with Crippen molar-refractivity contribution in [2.75, 3.05) is 4.90 Å². The van der Waals surface area contributed by atoms with E-state index >= 15 is 0 Å². The fourth-order valence-corrected chi connectivity index (χ4v) is 7.38. The average Bonchev–Trinajstić information content (AvgIpc) is 3.52. The predicted octanol–water partition coefficient (Wildman–Crippen LogP) is 7.73. The molecule has 0 aliphatic carbocycles. The molecule has 37 heavy (non-hydrogen) atoms. The lowest BCUT2D eigenvalue weighted by Crippen LogP contribution is -2.43. The average molecular weight is 497 g/mol. The van der Waals surface area contributed by atoms with Crippen LogP contribution in [-0.2, 0) is 14.6 Å². The first-order valence-electron chi connectivity index (χ1n) is 12.4. The second-order valence-electron chi connectivity index (χ2n) is 9.19. The van der Waals surface area contributed by atoms with Gasteiger partial charge in [0.25, 0.3) is 5.06 Å². The Hall–Kier alpha value is -4.28. The van der Waals surface area contributed by atoms with Gasteiger partial charge < -0.3 is 4.84 Å². The molecule has 5 aromatic carbocycles. The monoisotopic (exact) mass is 496 g/mol. The van der Waals surface area contributed by atoms with Gasteiger partial charge in [-0.15, -0.1) is 0 Å². The number of hydrogen-bond donors (Lipinski definition) is 0. The van der Waals surface area contributed by atoms with Crippen molar-refractivity contribution in [3.63, 3.8) is 0 Å². The fraction of sp³-hybridized carbons (Fsp3) is 0.0606. The second-order valence-corrected chi connectivity index (χ2v) is 10.6. The van der Waals surface area contributed by atoms with Crippen molar-refractivity contribution in [2.45, 2.75) is 9.80 Å². The van der Waals surface area contributed by atoms with Crippen LogP contribution in [0.25, 0.3) is 0 Å². The lowest BCUT2D eigenvalue weighted by atomic mass is 9.82. The largest absolute Gasteiger partial charge is 0.348 e. The quantitative estimate of drug-likeness (QED) is 0.254. The van der Waals surface area contributed by atoms with Crippen LogP contribution in [0.1, 0.15) is 27.8 Å². The molecule has 0 saturated carbocycles. The molecule has 0 radical (unpaired) electrons. The Kier molecular flexibility index (Phi) is 5.15. The lowest BCUT2D eigenvalue weighted by Gasteiger charge is -2.37. The molecule has 0 saturated heterocycles. The van der Waals surface area contributed by atoms with Gasteiger partial charge in [0.2, 0.25) is 0 Å². The summed E-state index contributed by atoms with van der Waals surface area (Å²) in [7, 11) is 0. The molecular weight excluding hydrogens is 472 g/mol. The van der Waals surface area contributed by atoms with Crippen LogP contribution in [0.3, 0.4) is 0 Å². The van der Waals surface area contributed by atoms with E-state index in [2.05, 4.69) is 126 Å². The van der Waals surface area contributed by atoms with Crippen molar-refractivity contribution < 1.29 is 4.84 Å². The molecule has 7 rings (SSSR count). The van der Waals surface area contributed by atoms with Gasteiger partial charge in [0, 0.05) is 16.8 Å². The van der Waals surface area contributed by atoms with Crippen LogP contribution >= 0.6 is 11.8 Å². The fourth-order valence-electron chi connectivity index (χ4n) is 5.52. The summed E-state index contributed by atoms with van der Waals surface area (Å²) in [5.41, 5.74) is 6.77. The van der Waals surface area contributed by atoms with E-state index in [1.807, 2.05) is 24.3 Å². The van der Waals surface area contributed by atoms with Crippen molar-refractivity contribution in [1.29, 1.82) is 0 Å². The standard InChI is InChI=1S/C33H24N2OS/c1-5-15-25(16-6-1)31-34-36-33(35(31)28-21-11-4-12-22-28)30-24-14-13-23-29(30)32(37-33,26-17-7-2-8-18-26)27-19-9-3-10-20-27/h1-24H. The van der Waals surface area contributed by atoms with Gasteiger partial charge in [-0.3, -0.25) is 4.90 Å². The van der Waals surface area contributed by atoms with Gasteiger partial charge in [0.05, 0.1) is 4.75 Å². The summed E-state index contributed by atoms with van der Waals surface area (Å²) in [6.45, 7) is 0. The minimum Gasteiger partial charge on any atom is -0.348 e. The molecule has 5 aromatic rings. The first-order chi connectivity index (χ1) is 18.3. The molecule has 178 valence electrons. The van der Waals surface area contributed by atoms with Gasteiger partial charge in [-0.1, -0.05) is 150 Å². The third-order valence-corrected chi connectivity index (χ3v) is 8.86. The summed E-state index contributed by atoms with van der Waals surface area (Å²) in [5, 5.41) is 3.88. The molecule has 2 aliphatic rings. The molecule has 1 unspecified atom stereocenters. The number of fused-ring (bicyclic) bond motifs is 2. The molecule has 1 spiro atoms. The van der Waals surface area contributed by atoms with E-state index in [9.17, 15) is 0 Å². The van der Waals surface area contributed by atoms with E-state index in [0.29, 0.717) is 0 Å². The normalized spacial score (nSPS) is 19.4. The Labute approximate surface area is 221 Å². The topological polar surface area (TPSA) is 24.8 Å². The predicted molar refractivity (Wildman–Crippen MR) is 151 cm³/mol. The summed E-state index contributed by atoms with van der Waals surface area (Å²) in [6.07, 6.45) is 0. The van der Waals surface area contributed by atoms with Crippen molar-refractivity contribution in [3.8, 4) is 0 Å². The SMILES string of the molecule is c1ccc(C2=NOC3(SC(c4ccccc4)(c4ccccc4)c4ccccc43)N2c2ccccc2)cc1. The van der Waals surface area contributed by atoms with Crippen molar-refractivity contribution in [1.82, 2.24) is 0 Å². The molecule has 1 atom stereocenters. The number of para-hydroxylation sites is 1. The van der Waals surface area contributed by atoms with Gasteiger partial charge in [-0.05, 0) is 28.8 Å². The molecule has 3 nitrogen and oxygen atoms in total. The number of anilines is 1. The number of amidine groups is 1. The van der Waals surface area contributed by atoms with Crippen LogP contribution in [0.5, 0.6) is 0 Å². The van der Waals surface area contributed by atoms with E-state index in [4.69, 9.17) is 9.99 Å². The number of rotatable bonds is 4. The van der Waals surface area contributed by atoms with E-state index in [1.165, 1.54) is 16.7 Å². The van der Waals surface area contributed by atoms with Crippen LogP contribution in [0.2, 0.25) is 0 Å². The van der Waals surface area contributed by atoms with Crippen LogP contribution in [0, 0.1) is 0 Å². The highest BCUT2D eigenvalue weighted by Gasteiger charge is 2.63. The molecule has 0 N–H and O–H groups in total. The number of benzene rings is 5. The highest BCUT2D eigenvalue weighted by Crippen LogP contribution is 2.67. The zero-order chi connectivity index (χ0) is 24.7. The van der Waals surface area contributed by atoms with Gasteiger partial charge >= 0.3 is 0 Å². The van der Waals surface area contributed by atoms with E-state index < -0.39 is 9.80 Å². The lowest BCUT2D eigenvalue weighted by molar-refractivity contribution is 0.0577. The maximum Gasteiger partial charge on any atom is 0.290 e. The maximum absolute atomic E-state index is 6.64. The molecule has 4 heteroatoms. The maximum atomic E-state index is 6.64. The Morgan fingerprint density at radius 3 is 1.62 bits per heavy atom. The molecule has 2 aliphatic heterocycles. The summed E-state index contributed by atoms with van der Waals surface area (Å²) in [6, 6.07) is 50.8. The Balaban J connectivity index is 1.51. The zero-order valence-corrected chi connectivity index (χ0v) is 20.9. The van der Waals surface area contributed by atoms with Gasteiger partial charge in [0.15, 0.2) is 5.84 Å². The summed E-state index contributed by atoms with van der Waals surface area (Å²) in [4.78, 5) is 8.90. The van der Waals surface area contributed by atoms with Crippen molar-refractivity contribution >= 4 is 23.3 Å². The highest BCUT2D eigenvalue weighted by atomic mass is 32.2. The van der Waals surface area contributed by atoms with E-state index in [1.54, 1.807) is 11.8 Å². The van der Waals surface area contributed by atoms with Gasteiger partial charge in [-0.25, -0.2) is 0 Å². The van der Waals surface area contributed by atoms with E-state index in [-0.39, 0.29) is 0 Å². The van der Waals surface area contributed by atoms with Crippen molar-refractivity contribution in [2.24, 2.45) is 5.16 Å². The number of oxime groups is 1. The molecule has 2 heterocycles. The minimum atomic E-state index is -0.894. The molecule has 0 aromatic heterocycles. The Morgan fingerprint density at radius 1 is 0.541 bits per heavy atom. The second kappa shape index (κ2) is 8.68. The zero-order valence-electron chi connectivity index (χ0n) is 20.1. The molecular formula is C33H24N2OS. The number of thioether (sulfide) groups is 1. The minimum absolute atomic E-state index is 0.492. The van der Waals surface area contributed by atoms with Crippen molar-refractivity contribution in [3.05, 3.63) is 173 Å². The van der Waals surface area contributed by atoms with Crippen LogP contribution in [0.4, 0.5) is 5.69 Å². The smallest absolute Gasteiger partial charge is 0.290 e. The molecule has 0 fully saturated rings. The Morgan fingerprint density at radius 2 is 1.03 bits per heavy atom. The molecule has 0 bridgehead atoms. The third kappa shape index (κ3) is 3.26. The van der Waals surface area contributed by atoms with Crippen LogP contribution in [-0.4, -0.2) is 5.84 Å². The summed E-state index contributed by atoms with van der Waals surface area (Å²) in [5.74, 6) is 0.797. The first kappa shape index (κ1) is 22.0.